The van der Waals surface area contributed by atoms with Crippen molar-refractivity contribution in [2.24, 2.45) is 23.7 Å². The Morgan fingerprint density at radius 2 is 1.86 bits per heavy atom. The minimum Gasteiger partial charge on any atom is -0.396 e. The zero-order valence-corrected chi connectivity index (χ0v) is 18.0. The van der Waals surface area contributed by atoms with Crippen LogP contribution in [0.2, 0.25) is 0 Å². The predicted molar refractivity (Wildman–Crippen MR) is 112 cm³/mol. The quantitative estimate of drug-likeness (QED) is 0.357. The molecule has 1 fully saturated rings. The molecule has 0 saturated carbocycles. The number of amides is 3. The number of nitrogens with one attached hydrogen (secondary N) is 2. The first-order valence-electron chi connectivity index (χ1n) is 11.1. The number of carbonyl (C=O) groups excluding carboxylic acids is 3. The summed E-state index contributed by atoms with van der Waals surface area (Å²) in [5, 5.41) is 14.8. The van der Waals surface area contributed by atoms with Crippen LogP contribution in [0.1, 0.15) is 52.4 Å². The number of nitrogens with zero attached hydrogens (tertiary/aromatic N) is 1. The van der Waals surface area contributed by atoms with Gasteiger partial charge in [0, 0.05) is 32.7 Å². The first-order valence-corrected chi connectivity index (χ1v) is 11.1. The Kier molecular flexibility index (Phi) is 9.14. The number of aliphatic hydroxyl groups is 1. The van der Waals surface area contributed by atoms with Crippen LogP contribution in [0.25, 0.3) is 0 Å². The van der Waals surface area contributed by atoms with Crippen molar-refractivity contribution >= 4 is 17.7 Å². The van der Waals surface area contributed by atoms with E-state index >= 15 is 0 Å². The Labute approximate surface area is 174 Å². The molecule has 0 aromatic heterocycles. The maximum atomic E-state index is 13.4. The molecule has 3 amide bonds. The molecule has 1 aliphatic heterocycles. The van der Waals surface area contributed by atoms with Crippen LogP contribution >= 0.6 is 0 Å². The summed E-state index contributed by atoms with van der Waals surface area (Å²) in [7, 11) is 1.60. The molecule has 0 radical (unpaired) electrons. The van der Waals surface area contributed by atoms with Crippen molar-refractivity contribution in [2.45, 2.75) is 58.4 Å². The standard InChI is InChI=1S/C22H37N3O4/c1-4-6-7-12-24-21(28)19-16-11-10-15(5-2)17(20(27)23-3)18(16)22(29)25(19)13-8-9-14-26/h10-11,15-19,26H,4-9,12-14H2,1-3H3,(H,23,27)(H,24,28)/t15-,16+,17-,18-,19+/m1/s1. The molecule has 164 valence electrons. The summed E-state index contributed by atoms with van der Waals surface area (Å²) in [6.07, 6.45) is 9.02. The van der Waals surface area contributed by atoms with Gasteiger partial charge in [0.1, 0.15) is 6.04 Å². The fourth-order valence-electron chi connectivity index (χ4n) is 4.74. The van der Waals surface area contributed by atoms with E-state index < -0.39 is 17.9 Å². The third-order valence-corrected chi connectivity index (χ3v) is 6.29. The van der Waals surface area contributed by atoms with E-state index in [9.17, 15) is 14.4 Å². The van der Waals surface area contributed by atoms with E-state index in [1.807, 2.05) is 19.1 Å². The Bertz CT molecular complexity index is 607. The summed E-state index contributed by atoms with van der Waals surface area (Å²) in [5.41, 5.74) is 0. The molecule has 2 rings (SSSR count). The fourth-order valence-corrected chi connectivity index (χ4v) is 4.74. The summed E-state index contributed by atoms with van der Waals surface area (Å²) >= 11 is 0. The number of allylic oxidation sites excluding steroid dienone is 1. The Balaban J connectivity index is 2.29. The van der Waals surface area contributed by atoms with E-state index in [4.69, 9.17) is 5.11 Å². The van der Waals surface area contributed by atoms with Crippen LogP contribution in [0, 0.1) is 23.7 Å². The van der Waals surface area contributed by atoms with E-state index in [2.05, 4.69) is 17.6 Å². The number of rotatable bonds is 11. The van der Waals surface area contributed by atoms with Crippen LogP contribution in [-0.2, 0) is 14.4 Å². The van der Waals surface area contributed by atoms with Gasteiger partial charge in [-0.05, 0) is 31.6 Å². The Morgan fingerprint density at radius 3 is 2.48 bits per heavy atom. The van der Waals surface area contributed by atoms with Gasteiger partial charge >= 0.3 is 0 Å². The van der Waals surface area contributed by atoms with Gasteiger partial charge < -0.3 is 20.6 Å². The molecule has 0 aromatic carbocycles. The summed E-state index contributed by atoms with van der Waals surface area (Å²) in [6, 6.07) is -0.589. The van der Waals surface area contributed by atoms with Crippen molar-refractivity contribution in [1.29, 1.82) is 0 Å². The van der Waals surface area contributed by atoms with E-state index in [0.717, 1.165) is 25.7 Å². The molecule has 7 nitrogen and oxygen atoms in total. The van der Waals surface area contributed by atoms with Gasteiger partial charge in [0.05, 0.1) is 11.8 Å². The molecule has 1 aliphatic carbocycles. The minimum absolute atomic E-state index is 0.00851. The molecule has 0 bridgehead atoms. The lowest BCUT2D eigenvalue weighted by atomic mass is 9.69. The molecule has 2 aliphatic rings. The summed E-state index contributed by atoms with van der Waals surface area (Å²) in [4.78, 5) is 40.8. The first-order chi connectivity index (χ1) is 14.0. The third-order valence-electron chi connectivity index (χ3n) is 6.29. The third kappa shape index (κ3) is 5.18. The second-order valence-electron chi connectivity index (χ2n) is 8.11. The van der Waals surface area contributed by atoms with Gasteiger partial charge in [-0.15, -0.1) is 0 Å². The number of hydrogen-bond donors (Lipinski definition) is 3. The maximum absolute atomic E-state index is 13.4. The second-order valence-corrected chi connectivity index (χ2v) is 8.11. The van der Waals surface area contributed by atoms with Crippen molar-refractivity contribution in [1.82, 2.24) is 15.5 Å². The zero-order valence-electron chi connectivity index (χ0n) is 18.0. The number of likely N-dealkylation sites (tertiary alicyclic amines) is 1. The van der Waals surface area contributed by atoms with Gasteiger partial charge in [-0.1, -0.05) is 38.8 Å². The molecule has 0 spiro atoms. The zero-order chi connectivity index (χ0) is 21.4. The average Bonchev–Trinajstić information content (AvgIpc) is 3.02. The molecule has 5 atom stereocenters. The molecule has 0 aromatic rings. The lowest BCUT2D eigenvalue weighted by molar-refractivity contribution is -0.140. The molecule has 7 heteroatoms. The van der Waals surface area contributed by atoms with Gasteiger partial charge in [0.15, 0.2) is 0 Å². The molecule has 0 unspecified atom stereocenters. The molecule has 1 saturated heterocycles. The number of hydrogen-bond acceptors (Lipinski definition) is 4. The molecule has 3 N–H and O–H groups in total. The van der Waals surface area contributed by atoms with E-state index in [-0.39, 0.29) is 36.2 Å². The second kappa shape index (κ2) is 11.3. The van der Waals surface area contributed by atoms with E-state index in [0.29, 0.717) is 25.9 Å². The highest BCUT2D eigenvalue weighted by molar-refractivity contribution is 5.96. The smallest absolute Gasteiger partial charge is 0.243 e. The largest absolute Gasteiger partial charge is 0.396 e. The lowest BCUT2D eigenvalue weighted by Crippen LogP contribution is -2.48. The van der Waals surface area contributed by atoms with Crippen LogP contribution in [0.4, 0.5) is 0 Å². The van der Waals surface area contributed by atoms with Crippen molar-refractivity contribution in [3.8, 4) is 0 Å². The van der Waals surface area contributed by atoms with Crippen molar-refractivity contribution in [3.63, 3.8) is 0 Å². The predicted octanol–water partition coefficient (Wildman–Crippen LogP) is 1.47. The maximum Gasteiger partial charge on any atom is 0.243 e. The normalized spacial score (nSPS) is 28.3. The monoisotopic (exact) mass is 407 g/mol. The van der Waals surface area contributed by atoms with Gasteiger partial charge in [-0.3, -0.25) is 14.4 Å². The topological polar surface area (TPSA) is 98.7 Å². The van der Waals surface area contributed by atoms with Gasteiger partial charge in [0.25, 0.3) is 0 Å². The molecule has 29 heavy (non-hydrogen) atoms. The SMILES string of the molecule is CCCCCNC(=O)[C@@H]1[C@H]2C=C[C@@H](CC)[C@@H](C(=O)NC)[C@@H]2C(=O)N1CCCCO. The molecular weight excluding hydrogens is 370 g/mol. The molecule has 1 heterocycles. The van der Waals surface area contributed by atoms with E-state index in [1.54, 1.807) is 11.9 Å². The van der Waals surface area contributed by atoms with Crippen LogP contribution < -0.4 is 10.6 Å². The number of carbonyl (C=O) groups is 3. The van der Waals surface area contributed by atoms with Crippen LogP contribution in [0.15, 0.2) is 12.2 Å². The van der Waals surface area contributed by atoms with Crippen LogP contribution in [0.3, 0.4) is 0 Å². The summed E-state index contributed by atoms with van der Waals surface area (Å²) in [6.45, 7) is 5.20. The van der Waals surface area contributed by atoms with Crippen molar-refractivity contribution in [3.05, 3.63) is 12.2 Å². The lowest BCUT2D eigenvalue weighted by Gasteiger charge is -2.33. The van der Waals surface area contributed by atoms with Crippen LogP contribution in [-0.4, -0.2) is 60.5 Å². The summed E-state index contributed by atoms with van der Waals surface area (Å²) < 4.78 is 0. The minimum atomic E-state index is -0.589. The van der Waals surface area contributed by atoms with Crippen LogP contribution in [0.5, 0.6) is 0 Å². The number of aliphatic hydroxyl groups excluding tert-OH is 1. The van der Waals surface area contributed by atoms with E-state index in [1.165, 1.54) is 0 Å². The average molecular weight is 408 g/mol. The Hall–Kier alpha value is -1.89. The molecular formula is C22H37N3O4. The van der Waals surface area contributed by atoms with Gasteiger partial charge in [0.2, 0.25) is 17.7 Å². The fraction of sp³-hybridized carbons (Fsp3) is 0.773. The summed E-state index contributed by atoms with van der Waals surface area (Å²) in [5.74, 6) is -1.65. The number of unbranched alkanes of at least 4 members (excludes halogenated alkanes) is 3. The van der Waals surface area contributed by atoms with Gasteiger partial charge in [-0.2, -0.15) is 0 Å². The highest BCUT2D eigenvalue weighted by Crippen LogP contribution is 2.44. The van der Waals surface area contributed by atoms with Crippen molar-refractivity contribution < 1.29 is 19.5 Å². The highest BCUT2D eigenvalue weighted by atomic mass is 16.3. The Morgan fingerprint density at radius 1 is 1.10 bits per heavy atom. The van der Waals surface area contributed by atoms with Crippen molar-refractivity contribution in [2.75, 3.05) is 26.7 Å². The number of fused-ring (bicyclic) bond motifs is 1. The first kappa shape index (κ1) is 23.4. The van der Waals surface area contributed by atoms with Gasteiger partial charge in [-0.25, -0.2) is 0 Å². The highest BCUT2D eigenvalue weighted by Gasteiger charge is 2.56.